The molecule has 6 heteroatoms. The molecule has 0 fully saturated rings. The fraction of sp³-hybridized carbons (Fsp3) is 0.165. The van der Waals surface area contributed by atoms with Crippen LogP contribution in [0.1, 0.15) is 88.7 Å². The Balaban J connectivity index is 0.00000754. The van der Waals surface area contributed by atoms with Crippen molar-refractivity contribution in [3.63, 3.8) is 0 Å². The van der Waals surface area contributed by atoms with E-state index in [1.807, 2.05) is 41.0 Å². The average Bonchev–Trinajstić information content (AvgIpc) is 1.87. The zero-order valence-corrected chi connectivity index (χ0v) is 51.8. The van der Waals surface area contributed by atoms with E-state index in [4.69, 9.17) is 13.8 Å². The molecule has 0 spiro atoms. The van der Waals surface area contributed by atoms with E-state index in [0.29, 0.717) is 28.4 Å². The van der Waals surface area contributed by atoms with Gasteiger partial charge < -0.3 is 19.1 Å². The van der Waals surface area contributed by atoms with Crippen LogP contribution in [0.3, 0.4) is 0 Å². The average molecular weight is 1290 g/mol. The van der Waals surface area contributed by atoms with Gasteiger partial charge in [0.15, 0.2) is 0 Å². The van der Waals surface area contributed by atoms with Crippen molar-refractivity contribution in [2.75, 3.05) is 9.80 Å². The predicted molar refractivity (Wildman–Crippen MR) is 352 cm³/mol. The Morgan fingerprint density at radius 1 is 0.447 bits per heavy atom. The van der Waals surface area contributed by atoms with Crippen molar-refractivity contribution >= 4 is 44.6 Å². The van der Waals surface area contributed by atoms with Crippen molar-refractivity contribution in [2.24, 2.45) is 0 Å². The summed E-state index contributed by atoms with van der Waals surface area (Å²) in [5, 5.41) is 1.92. The molecular formula is C79H69N4OPt-3. The Labute approximate surface area is 520 Å². The fourth-order valence-corrected chi connectivity index (χ4v) is 11.8. The van der Waals surface area contributed by atoms with E-state index in [-0.39, 0.29) is 42.9 Å². The molecule has 5 nitrogen and oxygen atoms in total. The Bertz CT molecular complexity index is 4550. The van der Waals surface area contributed by atoms with E-state index in [0.717, 1.165) is 94.7 Å². The minimum Gasteiger partial charge on any atom is -0.509 e. The van der Waals surface area contributed by atoms with Gasteiger partial charge in [-0.05, 0) is 114 Å². The van der Waals surface area contributed by atoms with Gasteiger partial charge in [0.2, 0.25) is 0 Å². The van der Waals surface area contributed by atoms with Crippen molar-refractivity contribution in [3.8, 4) is 73.0 Å². The smallest absolute Gasteiger partial charge is 0.135 e. The van der Waals surface area contributed by atoms with Crippen molar-refractivity contribution in [2.45, 2.75) is 85.4 Å². The van der Waals surface area contributed by atoms with Gasteiger partial charge >= 0.3 is 0 Å². The first-order valence-corrected chi connectivity index (χ1v) is 29.0. The minimum atomic E-state index is -2.45. The monoisotopic (exact) mass is 1290 g/mol. The van der Waals surface area contributed by atoms with E-state index < -0.39 is 6.85 Å². The molecule has 12 aromatic rings. The van der Waals surface area contributed by atoms with Gasteiger partial charge in [-0.25, -0.2) is 4.98 Å². The number of para-hydroxylation sites is 4. The number of rotatable bonds is 10. The van der Waals surface area contributed by atoms with Crippen LogP contribution in [0.4, 0.5) is 22.7 Å². The first-order chi connectivity index (χ1) is 41.7. The second kappa shape index (κ2) is 22.3. The van der Waals surface area contributed by atoms with Gasteiger partial charge in [-0.3, -0.25) is 0 Å². The number of aryl methyl sites for hydroxylation is 1. The van der Waals surface area contributed by atoms with E-state index in [1.165, 1.54) is 11.1 Å². The van der Waals surface area contributed by atoms with Crippen LogP contribution in [-0.2, 0) is 37.3 Å². The molecule has 424 valence electrons. The third-order valence-electron chi connectivity index (χ3n) is 16.4. The van der Waals surface area contributed by atoms with Gasteiger partial charge in [-0.15, -0.1) is 48.3 Å². The molecule has 1 aliphatic heterocycles. The maximum Gasteiger partial charge on any atom is 0.135 e. The number of hydrogen-bond donors (Lipinski definition) is 0. The molecule has 13 rings (SSSR count). The van der Waals surface area contributed by atoms with Crippen molar-refractivity contribution in [1.29, 1.82) is 0 Å². The molecule has 3 heterocycles. The SMILES string of the molecule is [2H]C([2H])([2H])c1cc(-n2c3[c-]c(Oc4[c-]c(N5[CH-]N(c6c(-c7ccc(C(C)(C)C)cc7)cccc6-c6cccc(-c7ccccc7)c6)c6ccccc65)ccc4)cc(-c4ccc(C(C)(C)C)cc4)c3c3ccccc32)ncc1-c1ccc(C(C)(C)C)cc1.[Pt]. The molecule has 0 unspecified atom stereocenters. The van der Waals surface area contributed by atoms with Crippen molar-refractivity contribution in [1.82, 2.24) is 9.55 Å². The molecule has 10 aromatic carbocycles. The zero-order valence-electron chi connectivity index (χ0n) is 52.5. The summed E-state index contributed by atoms with van der Waals surface area (Å²) in [5.41, 5.74) is 19.2. The zero-order chi connectivity index (χ0) is 60.6. The summed E-state index contributed by atoms with van der Waals surface area (Å²) >= 11 is 0. The van der Waals surface area contributed by atoms with Gasteiger partial charge in [-0.1, -0.05) is 243 Å². The van der Waals surface area contributed by atoms with Gasteiger partial charge in [0.1, 0.15) is 5.82 Å². The van der Waals surface area contributed by atoms with Crippen LogP contribution >= 0.6 is 0 Å². The Morgan fingerprint density at radius 2 is 0.976 bits per heavy atom. The summed E-state index contributed by atoms with van der Waals surface area (Å²) < 4.78 is 35.8. The number of aromatic nitrogens is 2. The van der Waals surface area contributed by atoms with Crippen LogP contribution in [0, 0.1) is 25.7 Å². The minimum absolute atomic E-state index is 0. The van der Waals surface area contributed by atoms with Crippen molar-refractivity contribution < 1.29 is 29.9 Å². The standard InChI is InChI=1S/C79H69N4O.Pt/c1-52-45-74(80-50-69(52)56-37-43-61(44-38-56)79(8,9)10)83-70-30-15-14-27-67(70)75-68(55-35-41-60(42-36-55)78(5,6)7)48-64(49-73(75)83)84-63-26-19-25-62(47-63)81-51-82(72-32-17-16-31-71(72)81)76-65(54-33-39-59(40-34-54)77(2,3)4)28-20-29-66(76)58-24-18-23-57(46-58)53-21-12-11-13-22-53;/h11-46,48,50-51H,1-10H3;/q-3;/i1D3;. The van der Waals surface area contributed by atoms with Gasteiger partial charge in [0.25, 0.3) is 0 Å². The summed E-state index contributed by atoms with van der Waals surface area (Å²) in [6.07, 6.45) is 1.71. The van der Waals surface area contributed by atoms with Gasteiger partial charge in [0.05, 0.1) is 0 Å². The number of pyridine rings is 1. The van der Waals surface area contributed by atoms with Crippen LogP contribution < -0.4 is 14.5 Å². The van der Waals surface area contributed by atoms with Crippen LogP contribution in [0.25, 0.3) is 83.3 Å². The van der Waals surface area contributed by atoms with E-state index in [2.05, 4.69) is 273 Å². The molecule has 0 bridgehead atoms. The van der Waals surface area contributed by atoms with Crippen LogP contribution in [-0.4, -0.2) is 9.55 Å². The molecule has 2 aromatic heterocycles. The summed E-state index contributed by atoms with van der Waals surface area (Å²) in [6, 6.07) is 85.9. The molecule has 0 radical (unpaired) electrons. The maximum absolute atomic E-state index is 8.90. The van der Waals surface area contributed by atoms with Gasteiger partial charge in [0, 0.05) is 82.1 Å². The topological polar surface area (TPSA) is 33.5 Å². The molecule has 0 amide bonds. The number of ether oxygens (including phenoxy) is 1. The van der Waals surface area contributed by atoms with Crippen LogP contribution in [0.15, 0.2) is 231 Å². The second-order valence-electron chi connectivity index (χ2n) is 25.2. The first-order valence-electron chi connectivity index (χ1n) is 30.5. The first kappa shape index (κ1) is 53.0. The second-order valence-corrected chi connectivity index (χ2v) is 25.2. The maximum atomic E-state index is 8.90. The Hall–Kier alpha value is -8.76. The van der Waals surface area contributed by atoms with E-state index in [1.54, 1.807) is 12.3 Å². The molecule has 85 heavy (non-hydrogen) atoms. The van der Waals surface area contributed by atoms with Crippen LogP contribution in [0.2, 0.25) is 0 Å². The Morgan fingerprint density at radius 3 is 1.61 bits per heavy atom. The molecular weight excluding hydrogens is 1220 g/mol. The summed E-state index contributed by atoms with van der Waals surface area (Å²) in [7, 11) is 0. The van der Waals surface area contributed by atoms with Crippen LogP contribution in [0.5, 0.6) is 11.5 Å². The molecule has 0 aliphatic carbocycles. The van der Waals surface area contributed by atoms with Crippen molar-refractivity contribution in [3.05, 3.63) is 272 Å². The molecule has 1 aliphatic rings. The molecule has 0 atom stereocenters. The molecule has 0 N–H and O–H groups in total. The summed E-state index contributed by atoms with van der Waals surface area (Å²) in [5.74, 6) is 1.41. The fourth-order valence-electron chi connectivity index (χ4n) is 11.8. The third-order valence-corrected chi connectivity index (χ3v) is 16.4. The van der Waals surface area contributed by atoms with E-state index >= 15 is 0 Å². The normalized spacial score (nSPS) is 13.3. The quantitative estimate of drug-likeness (QED) is 0.128. The summed E-state index contributed by atoms with van der Waals surface area (Å²) in [6.45, 7) is 19.7. The number of hydrogen-bond acceptors (Lipinski definition) is 4. The third kappa shape index (κ3) is 10.9. The molecule has 0 saturated heterocycles. The van der Waals surface area contributed by atoms with Gasteiger partial charge in [-0.2, -0.15) is 6.07 Å². The number of benzene rings is 10. The van der Waals surface area contributed by atoms with E-state index in [9.17, 15) is 0 Å². The number of anilines is 4. The Kier molecular flexibility index (Phi) is 13.9. The number of fused-ring (bicyclic) bond motifs is 4. The summed E-state index contributed by atoms with van der Waals surface area (Å²) in [4.78, 5) is 9.62. The molecule has 0 saturated carbocycles. The number of nitrogens with zero attached hydrogens (tertiary/aromatic N) is 4. The largest absolute Gasteiger partial charge is 0.509 e. The predicted octanol–water partition coefficient (Wildman–Crippen LogP) is 21.5.